The van der Waals surface area contributed by atoms with Gasteiger partial charge in [-0.2, -0.15) is 22.0 Å². The molecule has 6 N–H and O–H groups in total. The molecule has 2 fully saturated rings. The third kappa shape index (κ3) is 10.6. The number of aromatic nitrogens is 2. The molecule has 1 atom stereocenters. The Hall–Kier alpha value is -5.58. The fourth-order valence-corrected chi connectivity index (χ4v) is 8.15. The van der Waals surface area contributed by atoms with Crippen molar-refractivity contribution in [2.75, 3.05) is 26.0 Å². The molecule has 4 amide bonds. The number of H-pyrrole nitrogens is 1. The molecule has 2 saturated carbocycles. The number of carbonyl (C=O) groups is 4. The molecule has 0 unspecified atom stereocenters. The molecule has 0 aliphatic heterocycles. The molecule has 12 nitrogen and oxygen atoms in total. The third-order valence-corrected chi connectivity index (χ3v) is 11.8. The number of hydrogen-bond acceptors (Lipinski definition) is 6. The number of halogens is 5. The molecule has 3 aromatic carbocycles. The highest BCUT2D eigenvalue weighted by atomic mass is 19.4. The standard InChI is InChI=1S/C43H50F5N7O5/c1-24-20-29(38(57)50-30-13-16-32(17-14-30)55(2)3)12-18-33(24)27-8-4-25(5-9-27)21-36(52-37(56)28-10-6-26(7-11-28)23-49-41(59)60)39(58)51-31-15-19-34-35(22-31)54-40(53-34)42(44,45)43(46,47)48/h4-5,8-9,12,15,18-20,22,26,28,30,32,36,49H,6-7,10-11,13-14,16-17,21,23H2,1-3H3,(H,50,57)(H,51,58)(H,52,56)(H,53,54)(H,59,60)/t26?,28?,30-,32-,36-/m0/s1. The first-order valence-electron chi connectivity index (χ1n) is 20.1. The second-order valence-electron chi connectivity index (χ2n) is 16.2. The summed E-state index contributed by atoms with van der Waals surface area (Å²) >= 11 is 0. The average Bonchev–Trinajstić information content (AvgIpc) is 3.64. The number of nitrogens with one attached hydrogen (secondary N) is 5. The highest BCUT2D eigenvalue weighted by Gasteiger charge is 2.61. The lowest BCUT2D eigenvalue weighted by Gasteiger charge is -2.33. The van der Waals surface area contributed by atoms with Crippen LogP contribution < -0.4 is 21.3 Å². The molecule has 60 heavy (non-hydrogen) atoms. The van der Waals surface area contributed by atoms with E-state index in [1.807, 2.05) is 48.3 Å². The maximum Gasteiger partial charge on any atom is 0.461 e. The number of aromatic amines is 1. The Labute approximate surface area is 344 Å². The summed E-state index contributed by atoms with van der Waals surface area (Å²) in [5.74, 6) is -8.29. The molecule has 17 heteroatoms. The van der Waals surface area contributed by atoms with Crippen LogP contribution in [0.5, 0.6) is 0 Å². The smallest absolute Gasteiger partial charge is 0.461 e. The van der Waals surface area contributed by atoms with Crippen molar-refractivity contribution in [2.24, 2.45) is 11.8 Å². The number of benzene rings is 3. The number of carbonyl (C=O) groups excluding carboxylic acids is 3. The van der Waals surface area contributed by atoms with E-state index in [-0.39, 0.29) is 53.5 Å². The third-order valence-electron chi connectivity index (χ3n) is 11.8. The van der Waals surface area contributed by atoms with E-state index in [2.05, 4.69) is 45.2 Å². The number of anilines is 1. The molecule has 2 aliphatic rings. The molecule has 0 spiro atoms. The topological polar surface area (TPSA) is 169 Å². The largest absolute Gasteiger partial charge is 0.465 e. The van der Waals surface area contributed by atoms with Crippen molar-refractivity contribution in [1.82, 2.24) is 30.8 Å². The summed E-state index contributed by atoms with van der Waals surface area (Å²) < 4.78 is 67.0. The quantitative estimate of drug-likeness (QED) is 0.0757. The SMILES string of the molecule is Cc1cc(C(=O)N[C@H]2CC[C@H](N(C)C)CC2)ccc1-c1ccc(C[C@H](NC(=O)C2CCC(CNC(=O)O)CC2)C(=O)Nc2ccc3[nH]c(C(F)(F)C(F)(F)F)nc3c2)cc1. The van der Waals surface area contributed by atoms with Crippen LogP contribution >= 0.6 is 0 Å². The summed E-state index contributed by atoms with van der Waals surface area (Å²) in [6.45, 7) is 2.20. The molecule has 4 aromatic rings. The van der Waals surface area contributed by atoms with Gasteiger partial charge >= 0.3 is 18.2 Å². The molecule has 1 heterocycles. The summed E-state index contributed by atoms with van der Waals surface area (Å²) in [6, 6.07) is 16.2. The van der Waals surface area contributed by atoms with E-state index in [9.17, 15) is 41.1 Å². The van der Waals surface area contributed by atoms with Gasteiger partial charge in [0.1, 0.15) is 6.04 Å². The Morgan fingerprint density at radius 3 is 2.18 bits per heavy atom. The Morgan fingerprint density at radius 1 is 0.883 bits per heavy atom. The predicted molar refractivity (Wildman–Crippen MR) is 216 cm³/mol. The number of imidazole rings is 1. The molecule has 322 valence electrons. The average molecular weight is 840 g/mol. The Bertz CT molecular complexity index is 2180. The van der Waals surface area contributed by atoms with Gasteiger partial charge in [0.2, 0.25) is 11.8 Å². The Balaban J connectivity index is 1.15. The monoisotopic (exact) mass is 839 g/mol. The first-order chi connectivity index (χ1) is 28.4. The lowest BCUT2D eigenvalue weighted by molar-refractivity contribution is -0.292. The zero-order valence-corrected chi connectivity index (χ0v) is 33.6. The first kappa shape index (κ1) is 44.0. The molecule has 0 bridgehead atoms. The summed E-state index contributed by atoms with van der Waals surface area (Å²) in [6.07, 6.45) is -0.825. The van der Waals surface area contributed by atoms with Gasteiger partial charge in [-0.15, -0.1) is 0 Å². The summed E-state index contributed by atoms with van der Waals surface area (Å²) in [5.41, 5.74) is 3.67. The van der Waals surface area contributed by atoms with Crippen LogP contribution in [0.1, 0.15) is 78.7 Å². The van der Waals surface area contributed by atoms with E-state index in [1.54, 1.807) is 6.07 Å². The highest BCUT2D eigenvalue weighted by molar-refractivity contribution is 5.99. The second kappa shape index (κ2) is 18.4. The molecule has 2 aliphatic carbocycles. The summed E-state index contributed by atoms with van der Waals surface area (Å²) in [4.78, 5) is 59.2. The van der Waals surface area contributed by atoms with Crippen LogP contribution in [0.25, 0.3) is 22.2 Å². The van der Waals surface area contributed by atoms with Crippen molar-refractivity contribution in [2.45, 2.75) is 94.9 Å². The minimum atomic E-state index is -5.87. The first-order valence-corrected chi connectivity index (χ1v) is 20.1. The van der Waals surface area contributed by atoms with Crippen LogP contribution in [0, 0.1) is 18.8 Å². The summed E-state index contributed by atoms with van der Waals surface area (Å²) in [7, 11) is 4.16. The van der Waals surface area contributed by atoms with E-state index < -0.39 is 41.9 Å². The number of rotatable bonds is 13. The van der Waals surface area contributed by atoms with Crippen molar-refractivity contribution < 1.29 is 46.2 Å². The van der Waals surface area contributed by atoms with Crippen molar-refractivity contribution in [3.63, 3.8) is 0 Å². The van der Waals surface area contributed by atoms with Crippen LogP contribution in [0.15, 0.2) is 60.7 Å². The fourth-order valence-electron chi connectivity index (χ4n) is 8.15. The molecule has 6 rings (SSSR count). The molecule has 0 saturated heterocycles. The number of nitrogens with zero attached hydrogens (tertiary/aromatic N) is 2. The van der Waals surface area contributed by atoms with E-state index in [0.717, 1.165) is 48.4 Å². The van der Waals surface area contributed by atoms with Gasteiger partial charge in [-0.05, 0) is 131 Å². The lowest BCUT2D eigenvalue weighted by Crippen LogP contribution is -2.48. The number of hydrogen-bond donors (Lipinski definition) is 6. The van der Waals surface area contributed by atoms with Crippen molar-refractivity contribution in [3.8, 4) is 11.1 Å². The molecule has 1 aromatic heterocycles. The van der Waals surface area contributed by atoms with Crippen molar-refractivity contribution in [3.05, 3.63) is 83.2 Å². The van der Waals surface area contributed by atoms with Crippen molar-refractivity contribution >= 4 is 40.5 Å². The van der Waals surface area contributed by atoms with Gasteiger partial charge in [-0.25, -0.2) is 9.78 Å². The highest BCUT2D eigenvalue weighted by Crippen LogP contribution is 2.43. The molecule has 0 radical (unpaired) electrons. The number of carboxylic acid groups (broad SMARTS) is 1. The Morgan fingerprint density at radius 2 is 1.57 bits per heavy atom. The lowest BCUT2D eigenvalue weighted by atomic mass is 9.81. The molecular formula is C43H50F5N7O5. The predicted octanol–water partition coefficient (Wildman–Crippen LogP) is 7.54. The minimum absolute atomic E-state index is 0.0525. The van der Waals surface area contributed by atoms with Gasteiger partial charge in [0.15, 0.2) is 5.82 Å². The van der Waals surface area contributed by atoms with Gasteiger partial charge in [-0.3, -0.25) is 14.4 Å². The van der Waals surface area contributed by atoms with Gasteiger partial charge in [0.25, 0.3) is 5.91 Å². The normalized spacial score (nSPS) is 20.4. The van der Waals surface area contributed by atoms with Crippen LogP contribution in [-0.4, -0.2) is 88.7 Å². The van der Waals surface area contributed by atoms with E-state index in [0.29, 0.717) is 42.9 Å². The maximum absolute atomic E-state index is 14.0. The van der Waals surface area contributed by atoms with E-state index in [4.69, 9.17) is 5.11 Å². The maximum atomic E-state index is 14.0. The van der Waals surface area contributed by atoms with Gasteiger partial charge in [0.05, 0.1) is 11.0 Å². The van der Waals surface area contributed by atoms with E-state index in [1.165, 1.54) is 12.1 Å². The number of aryl methyl sites for hydroxylation is 1. The van der Waals surface area contributed by atoms with Crippen LogP contribution in [0.4, 0.5) is 32.4 Å². The Kier molecular flexibility index (Phi) is 13.5. The fraction of sp³-hybridized carbons (Fsp3) is 0.465. The van der Waals surface area contributed by atoms with Gasteiger partial charge < -0.3 is 36.3 Å². The minimum Gasteiger partial charge on any atom is -0.465 e. The van der Waals surface area contributed by atoms with Crippen LogP contribution in [-0.2, 0) is 21.9 Å². The number of fused-ring (bicyclic) bond motifs is 1. The molecular weight excluding hydrogens is 790 g/mol. The van der Waals surface area contributed by atoms with E-state index >= 15 is 0 Å². The van der Waals surface area contributed by atoms with Gasteiger partial charge in [-0.1, -0.05) is 30.3 Å². The van der Waals surface area contributed by atoms with Gasteiger partial charge in [0, 0.05) is 42.2 Å². The number of amides is 4. The van der Waals surface area contributed by atoms with Crippen molar-refractivity contribution in [1.29, 1.82) is 0 Å². The second-order valence-corrected chi connectivity index (χ2v) is 16.2. The number of alkyl halides is 5. The zero-order chi connectivity index (χ0) is 43.4. The zero-order valence-electron chi connectivity index (χ0n) is 33.6. The van der Waals surface area contributed by atoms with Crippen LogP contribution in [0.3, 0.4) is 0 Å². The summed E-state index contributed by atoms with van der Waals surface area (Å²) in [5, 5.41) is 20.0. The van der Waals surface area contributed by atoms with Crippen LogP contribution in [0.2, 0.25) is 0 Å².